The number of nitriles is 1. The van der Waals surface area contributed by atoms with Gasteiger partial charge in [-0.25, -0.2) is 19.2 Å². The van der Waals surface area contributed by atoms with Gasteiger partial charge in [0, 0.05) is 45.8 Å². The largest absolute Gasteiger partial charge is 0.444 e. The van der Waals surface area contributed by atoms with E-state index in [0.29, 0.717) is 65.0 Å². The summed E-state index contributed by atoms with van der Waals surface area (Å²) in [6.45, 7) is 23.8. The maximum atomic E-state index is 13.1. The highest BCUT2D eigenvalue weighted by Gasteiger charge is 2.26. The van der Waals surface area contributed by atoms with Gasteiger partial charge < -0.3 is 39.0 Å². The molecule has 0 unspecified atom stereocenters. The molecular formula is C33H61N5O8. The first kappa shape index (κ1) is 42.6. The van der Waals surface area contributed by atoms with Crippen LogP contribution in [0.15, 0.2) is 0 Å². The SMILES string of the molecule is CC(C)(C)OC(=O)NCCCN(CCCCN(CCCN(CCC#N)C(=O)OC(C)(C)C)C(=O)OC(C)(C)C)C(=O)OC(C)(C)C. The van der Waals surface area contributed by atoms with Crippen molar-refractivity contribution in [1.82, 2.24) is 20.0 Å². The minimum Gasteiger partial charge on any atom is -0.444 e. The average molecular weight is 656 g/mol. The molecule has 0 aliphatic rings. The number of nitrogens with zero attached hydrogens (tertiary/aromatic N) is 4. The van der Waals surface area contributed by atoms with Gasteiger partial charge in [-0.2, -0.15) is 5.26 Å². The van der Waals surface area contributed by atoms with Gasteiger partial charge in [0.15, 0.2) is 0 Å². The van der Waals surface area contributed by atoms with Crippen molar-refractivity contribution in [2.24, 2.45) is 0 Å². The maximum Gasteiger partial charge on any atom is 0.410 e. The van der Waals surface area contributed by atoms with Crippen LogP contribution in [0.2, 0.25) is 0 Å². The molecule has 0 aromatic carbocycles. The van der Waals surface area contributed by atoms with Gasteiger partial charge in [0.2, 0.25) is 0 Å². The van der Waals surface area contributed by atoms with E-state index in [1.165, 1.54) is 4.90 Å². The summed E-state index contributed by atoms with van der Waals surface area (Å²) < 4.78 is 22.0. The molecule has 0 atom stereocenters. The Labute approximate surface area is 277 Å². The van der Waals surface area contributed by atoms with Gasteiger partial charge in [-0.05, 0) is 109 Å². The molecule has 0 saturated carbocycles. The van der Waals surface area contributed by atoms with E-state index in [2.05, 4.69) is 11.4 Å². The Balaban J connectivity index is 5.32. The molecule has 0 heterocycles. The van der Waals surface area contributed by atoms with E-state index in [4.69, 9.17) is 24.2 Å². The van der Waals surface area contributed by atoms with Crippen molar-refractivity contribution in [3.8, 4) is 6.07 Å². The highest BCUT2D eigenvalue weighted by molar-refractivity contribution is 5.69. The topological polar surface area (TPSA) is 151 Å². The Kier molecular flexibility index (Phi) is 17.8. The van der Waals surface area contributed by atoms with Crippen molar-refractivity contribution < 1.29 is 38.1 Å². The smallest absolute Gasteiger partial charge is 0.410 e. The van der Waals surface area contributed by atoms with E-state index in [1.54, 1.807) is 92.9 Å². The fourth-order valence-corrected chi connectivity index (χ4v) is 3.88. The van der Waals surface area contributed by atoms with Crippen LogP contribution >= 0.6 is 0 Å². The molecule has 0 fully saturated rings. The van der Waals surface area contributed by atoms with E-state index >= 15 is 0 Å². The van der Waals surface area contributed by atoms with Gasteiger partial charge in [0.05, 0.1) is 12.5 Å². The van der Waals surface area contributed by atoms with Crippen LogP contribution < -0.4 is 5.32 Å². The third kappa shape index (κ3) is 23.0. The number of carbonyl (C=O) groups excluding carboxylic acids is 4. The second-order valence-electron chi connectivity index (χ2n) is 15.2. The normalized spacial score (nSPS) is 12.0. The molecule has 0 bridgehead atoms. The van der Waals surface area contributed by atoms with Crippen molar-refractivity contribution >= 4 is 24.4 Å². The Morgan fingerprint density at radius 2 is 0.848 bits per heavy atom. The molecule has 0 rings (SSSR count). The first-order valence-electron chi connectivity index (χ1n) is 16.2. The number of amides is 4. The molecule has 4 amide bonds. The van der Waals surface area contributed by atoms with Crippen molar-refractivity contribution in [2.75, 3.05) is 45.8 Å². The lowest BCUT2D eigenvalue weighted by Crippen LogP contribution is -2.42. The zero-order chi connectivity index (χ0) is 35.8. The Morgan fingerprint density at radius 1 is 0.522 bits per heavy atom. The quantitative estimate of drug-likeness (QED) is 0.150. The molecule has 0 spiro atoms. The fourth-order valence-electron chi connectivity index (χ4n) is 3.88. The minimum atomic E-state index is -0.689. The average Bonchev–Trinajstić information content (AvgIpc) is 2.83. The zero-order valence-electron chi connectivity index (χ0n) is 30.5. The maximum absolute atomic E-state index is 13.1. The van der Waals surface area contributed by atoms with Crippen molar-refractivity contribution in [2.45, 2.75) is 138 Å². The molecule has 0 aromatic rings. The van der Waals surface area contributed by atoms with Gasteiger partial charge >= 0.3 is 24.4 Å². The third-order valence-corrected chi connectivity index (χ3v) is 5.68. The van der Waals surface area contributed by atoms with Crippen molar-refractivity contribution in [3.05, 3.63) is 0 Å². The van der Waals surface area contributed by atoms with Crippen LogP contribution in [-0.2, 0) is 18.9 Å². The van der Waals surface area contributed by atoms with E-state index in [9.17, 15) is 19.2 Å². The summed E-state index contributed by atoms with van der Waals surface area (Å²) >= 11 is 0. The summed E-state index contributed by atoms with van der Waals surface area (Å²) in [6.07, 6.45) is 0.358. The third-order valence-electron chi connectivity index (χ3n) is 5.68. The summed E-state index contributed by atoms with van der Waals surface area (Å²) in [4.78, 5) is 55.3. The van der Waals surface area contributed by atoms with Crippen LogP contribution in [0.5, 0.6) is 0 Å². The Morgan fingerprint density at radius 3 is 1.20 bits per heavy atom. The van der Waals surface area contributed by atoms with Gasteiger partial charge in [-0.3, -0.25) is 0 Å². The predicted molar refractivity (Wildman–Crippen MR) is 176 cm³/mol. The monoisotopic (exact) mass is 655 g/mol. The van der Waals surface area contributed by atoms with Crippen molar-refractivity contribution in [3.63, 3.8) is 0 Å². The predicted octanol–water partition coefficient (Wildman–Crippen LogP) is 6.70. The molecule has 0 aromatic heterocycles. The first-order chi connectivity index (χ1) is 20.9. The molecular weight excluding hydrogens is 594 g/mol. The molecule has 0 aliphatic carbocycles. The van der Waals surface area contributed by atoms with Crippen LogP contribution in [0.4, 0.5) is 19.2 Å². The lowest BCUT2D eigenvalue weighted by Gasteiger charge is -2.30. The fraction of sp³-hybridized carbons (Fsp3) is 0.848. The molecule has 266 valence electrons. The van der Waals surface area contributed by atoms with Gasteiger partial charge in [-0.1, -0.05) is 0 Å². The number of nitrogens with one attached hydrogen (secondary N) is 1. The van der Waals surface area contributed by atoms with Gasteiger partial charge in [0.25, 0.3) is 0 Å². The second-order valence-corrected chi connectivity index (χ2v) is 15.2. The summed E-state index contributed by atoms with van der Waals surface area (Å²) in [5.41, 5.74) is -2.63. The zero-order valence-corrected chi connectivity index (χ0v) is 30.5. The summed E-state index contributed by atoms with van der Waals surface area (Å²) in [5, 5.41) is 11.7. The molecule has 0 aliphatic heterocycles. The highest BCUT2D eigenvalue weighted by Crippen LogP contribution is 2.15. The lowest BCUT2D eigenvalue weighted by molar-refractivity contribution is 0.0183. The summed E-state index contributed by atoms with van der Waals surface area (Å²) in [6, 6.07) is 2.06. The van der Waals surface area contributed by atoms with Crippen LogP contribution in [-0.4, -0.2) is 107 Å². The lowest BCUT2D eigenvalue weighted by atomic mass is 10.2. The van der Waals surface area contributed by atoms with Crippen LogP contribution in [0.3, 0.4) is 0 Å². The van der Waals surface area contributed by atoms with E-state index in [1.807, 2.05) is 0 Å². The number of alkyl carbamates (subject to hydrolysis) is 1. The number of hydrogen-bond acceptors (Lipinski definition) is 9. The molecule has 0 saturated heterocycles. The van der Waals surface area contributed by atoms with E-state index in [0.717, 1.165) is 0 Å². The van der Waals surface area contributed by atoms with E-state index < -0.39 is 46.8 Å². The molecule has 13 nitrogen and oxygen atoms in total. The molecule has 1 N–H and O–H groups in total. The first-order valence-corrected chi connectivity index (χ1v) is 16.2. The van der Waals surface area contributed by atoms with Gasteiger partial charge in [0.1, 0.15) is 22.4 Å². The highest BCUT2D eigenvalue weighted by atomic mass is 16.6. The number of hydrogen-bond donors (Lipinski definition) is 1. The Bertz CT molecular complexity index is 1000. The van der Waals surface area contributed by atoms with Crippen LogP contribution in [0.1, 0.15) is 115 Å². The second kappa shape index (κ2) is 19.3. The molecule has 46 heavy (non-hydrogen) atoms. The van der Waals surface area contributed by atoms with E-state index in [-0.39, 0.29) is 13.0 Å². The van der Waals surface area contributed by atoms with Crippen LogP contribution in [0, 0.1) is 11.3 Å². The summed E-state index contributed by atoms with van der Waals surface area (Å²) in [5.74, 6) is 0. The number of carbonyl (C=O) groups is 4. The molecule has 13 heteroatoms. The number of rotatable bonds is 15. The number of ether oxygens (including phenoxy) is 4. The van der Waals surface area contributed by atoms with Crippen molar-refractivity contribution in [1.29, 1.82) is 5.26 Å². The summed E-state index contributed by atoms with van der Waals surface area (Å²) in [7, 11) is 0. The standard InChI is InChI=1S/C33H61N5O8/c1-30(2,3)43-26(39)35-19-16-23-36(27(40)44-31(4,5)6)20-13-14-21-37(28(41)45-32(7,8)9)24-17-25-38(22-15-18-34)29(42)46-33(10,11)12/h13-17,19-25H2,1-12H3,(H,35,39). The minimum absolute atomic E-state index is 0.167. The number of unbranched alkanes of at least 4 members (excludes halogenated alkanes) is 1. The van der Waals surface area contributed by atoms with Crippen LogP contribution in [0.25, 0.3) is 0 Å². The Hall–Kier alpha value is -3.43. The van der Waals surface area contributed by atoms with Gasteiger partial charge in [-0.15, -0.1) is 0 Å². The molecule has 0 radical (unpaired) electrons.